The highest BCUT2D eigenvalue weighted by molar-refractivity contribution is 5.34. The molecule has 1 aliphatic rings. The molecule has 1 aromatic carbocycles. The fraction of sp³-hybridized carbons (Fsp3) is 0.571. The number of hydrogen-bond donors (Lipinski definition) is 2. The van der Waals surface area contributed by atoms with E-state index >= 15 is 0 Å². The van der Waals surface area contributed by atoms with E-state index in [0.29, 0.717) is 12.1 Å². The van der Waals surface area contributed by atoms with E-state index in [4.69, 9.17) is 0 Å². The molecule has 0 spiro atoms. The van der Waals surface area contributed by atoms with Gasteiger partial charge in [-0.2, -0.15) is 0 Å². The lowest BCUT2D eigenvalue weighted by Crippen LogP contribution is -2.36. The lowest BCUT2D eigenvalue weighted by Gasteiger charge is -2.25. The van der Waals surface area contributed by atoms with E-state index in [9.17, 15) is 0 Å². The molecule has 0 amide bonds. The number of hydrogen-bond acceptors (Lipinski definition) is 2. The van der Waals surface area contributed by atoms with Gasteiger partial charge in [-0.15, -0.1) is 0 Å². The van der Waals surface area contributed by atoms with Gasteiger partial charge in [0.2, 0.25) is 0 Å². The Morgan fingerprint density at radius 2 is 2.19 bits per heavy atom. The Bertz CT molecular complexity index is 354. The van der Waals surface area contributed by atoms with Crippen LogP contribution in [-0.2, 0) is 0 Å². The summed E-state index contributed by atoms with van der Waals surface area (Å²) in [5, 5.41) is 7.06. The molecule has 0 aliphatic carbocycles. The summed E-state index contributed by atoms with van der Waals surface area (Å²) in [4.78, 5) is 0. The highest BCUT2D eigenvalue weighted by atomic mass is 15.0. The lowest BCUT2D eigenvalue weighted by molar-refractivity contribution is 0.439. The minimum atomic E-state index is 0.447. The number of likely N-dealkylation sites (N-methyl/N-ethyl adjacent to an activating group) is 1. The van der Waals surface area contributed by atoms with Crippen LogP contribution in [0.3, 0.4) is 0 Å². The van der Waals surface area contributed by atoms with Gasteiger partial charge in [-0.1, -0.05) is 23.8 Å². The summed E-state index contributed by atoms with van der Waals surface area (Å²) < 4.78 is 0. The van der Waals surface area contributed by atoms with Crippen LogP contribution in [0.5, 0.6) is 0 Å². The topological polar surface area (TPSA) is 24.1 Å². The third kappa shape index (κ3) is 2.28. The standard InChI is InChI=1S/C14H22N2/c1-10-6-7-11(2)12(9-10)14(15-3)13-5-4-8-16-13/h6-7,9,13-16H,4-5,8H2,1-3H3. The molecule has 1 saturated heterocycles. The van der Waals surface area contributed by atoms with Crippen LogP contribution in [-0.4, -0.2) is 19.6 Å². The summed E-state index contributed by atoms with van der Waals surface area (Å²) >= 11 is 0. The van der Waals surface area contributed by atoms with Crippen LogP contribution in [0.15, 0.2) is 18.2 Å². The number of aryl methyl sites for hydroxylation is 2. The summed E-state index contributed by atoms with van der Waals surface area (Å²) in [6.07, 6.45) is 2.58. The van der Waals surface area contributed by atoms with Crippen molar-refractivity contribution in [2.75, 3.05) is 13.6 Å². The maximum Gasteiger partial charge on any atom is 0.0476 e. The average Bonchev–Trinajstić information content (AvgIpc) is 2.78. The Hall–Kier alpha value is -0.860. The van der Waals surface area contributed by atoms with Crippen molar-refractivity contribution in [1.29, 1.82) is 0 Å². The number of benzene rings is 1. The van der Waals surface area contributed by atoms with E-state index in [2.05, 4.69) is 49.7 Å². The molecule has 2 unspecified atom stereocenters. The molecule has 16 heavy (non-hydrogen) atoms. The number of rotatable bonds is 3. The monoisotopic (exact) mass is 218 g/mol. The van der Waals surface area contributed by atoms with Gasteiger partial charge in [0.25, 0.3) is 0 Å². The minimum Gasteiger partial charge on any atom is -0.312 e. The van der Waals surface area contributed by atoms with Gasteiger partial charge in [0.05, 0.1) is 0 Å². The molecule has 2 atom stereocenters. The number of nitrogens with one attached hydrogen (secondary N) is 2. The van der Waals surface area contributed by atoms with E-state index in [1.807, 2.05) is 0 Å². The van der Waals surface area contributed by atoms with Gasteiger partial charge in [0.15, 0.2) is 0 Å². The Balaban J connectivity index is 2.28. The summed E-state index contributed by atoms with van der Waals surface area (Å²) in [7, 11) is 2.06. The largest absolute Gasteiger partial charge is 0.312 e. The Morgan fingerprint density at radius 1 is 1.38 bits per heavy atom. The van der Waals surface area contributed by atoms with Crippen molar-refractivity contribution in [2.45, 2.75) is 38.8 Å². The first-order valence-corrected chi connectivity index (χ1v) is 6.20. The van der Waals surface area contributed by atoms with Gasteiger partial charge < -0.3 is 10.6 Å². The van der Waals surface area contributed by atoms with Crippen LogP contribution in [0.2, 0.25) is 0 Å². The van der Waals surface area contributed by atoms with Crippen LogP contribution >= 0.6 is 0 Å². The maximum absolute atomic E-state index is 3.59. The highest BCUT2D eigenvalue weighted by Gasteiger charge is 2.25. The van der Waals surface area contributed by atoms with Crippen molar-refractivity contribution in [1.82, 2.24) is 10.6 Å². The zero-order valence-electron chi connectivity index (χ0n) is 10.5. The molecule has 0 saturated carbocycles. The van der Waals surface area contributed by atoms with Crippen LogP contribution in [0.1, 0.15) is 35.6 Å². The fourth-order valence-corrected chi connectivity index (χ4v) is 2.66. The van der Waals surface area contributed by atoms with Gasteiger partial charge in [0, 0.05) is 12.1 Å². The molecule has 1 fully saturated rings. The van der Waals surface area contributed by atoms with Crippen molar-refractivity contribution in [3.8, 4) is 0 Å². The molecule has 2 N–H and O–H groups in total. The second-order valence-electron chi connectivity index (χ2n) is 4.83. The Morgan fingerprint density at radius 3 is 2.81 bits per heavy atom. The quantitative estimate of drug-likeness (QED) is 0.813. The second kappa shape index (κ2) is 4.98. The summed E-state index contributed by atoms with van der Waals surface area (Å²) in [5.74, 6) is 0. The Labute approximate surface area is 98.4 Å². The van der Waals surface area contributed by atoms with E-state index < -0.39 is 0 Å². The van der Waals surface area contributed by atoms with Gasteiger partial charge in [0.1, 0.15) is 0 Å². The molecular formula is C14H22N2. The molecule has 1 aliphatic heterocycles. The minimum absolute atomic E-state index is 0.447. The summed E-state index contributed by atoms with van der Waals surface area (Å²) in [5.41, 5.74) is 4.18. The highest BCUT2D eigenvalue weighted by Crippen LogP contribution is 2.26. The zero-order valence-corrected chi connectivity index (χ0v) is 10.5. The van der Waals surface area contributed by atoms with E-state index in [0.717, 1.165) is 6.54 Å². The van der Waals surface area contributed by atoms with E-state index in [1.54, 1.807) is 0 Å². The van der Waals surface area contributed by atoms with Gasteiger partial charge in [-0.05, 0) is 51.4 Å². The van der Waals surface area contributed by atoms with Crippen LogP contribution in [0.25, 0.3) is 0 Å². The maximum atomic E-state index is 3.59. The van der Waals surface area contributed by atoms with Crippen molar-refractivity contribution in [3.05, 3.63) is 34.9 Å². The molecule has 2 rings (SSSR count). The predicted octanol–water partition coefficient (Wildman–Crippen LogP) is 2.32. The average molecular weight is 218 g/mol. The summed E-state index contributed by atoms with van der Waals surface area (Å²) in [6.45, 7) is 5.53. The molecule has 2 heteroatoms. The first-order valence-electron chi connectivity index (χ1n) is 6.20. The van der Waals surface area contributed by atoms with E-state index in [-0.39, 0.29) is 0 Å². The van der Waals surface area contributed by atoms with Crippen molar-refractivity contribution >= 4 is 0 Å². The third-order valence-electron chi connectivity index (χ3n) is 3.58. The second-order valence-corrected chi connectivity index (χ2v) is 4.83. The van der Waals surface area contributed by atoms with Crippen LogP contribution in [0.4, 0.5) is 0 Å². The van der Waals surface area contributed by atoms with E-state index in [1.165, 1.54) is 29.5 Å². The predicted molar refractivity (Wildman–Crippen MR) is 68.7 cm³/mol. The van der Waals surface area contributed by atoms with Crippen molar-refractivity contribution in [3.63, 3.8) is 0 Å². The van der Waals surface area contributed by atoms with Crippen molar-refractivity contribution < 1.29 is 0 Å². The molecule has 2 nitrogen and oxygen atoms in total. The molecule has 0 aromatic heterocycles. The van der Waals surface area contributed by atoms with Gasteiger partial charge in [-0.25, -0.2) is 0 Å². The zero-order chi connectivity index (χ0) is 11.5. The molecule has 1 heterocycles. The summed E-state index contributed by atoms with van der Waals surface area (Å²) in [6, 6.07) is 7.77. The molecule has 0 bridgehead atoms. The first-order chi connectivity index (χ1) is 7.72. The van der Waals surface area contributed by atoms with Crippen LogP contribution in [0, 0.1) is 13.8 Å². The molecule has 88 valence electrons. The molecule has 0 radical (unpaired) electrons. The molecule has 1 aromatic rings. The smallest absolute Gasteiger partial charge is 0.0476 e. The molecular weight excluding hydrogens is 196 g/mol. The SMILES string of the molecule is CNC(c1cc(C)ccc1C)C1CCCN1. The van der Waals surface area contributed by atoms with Crippen LogP contribution < -0.4 is 10.6 Å². The third-order valence-corrected chi connectivity index (χ3v) is 3.58. The van der Waals surface area contributed by atoms with Crippen molar-refractivity contribution in [2.24, 2.45) is 0 Å². The normalized spacial score (nSPS) is 22.3. The lowest BCUT2D eigenvalue weighted by atomic mass is 9.93. The fourth-order valence-electron chi connectivity index (χ4n) is 2.66. The first kappa shape index (κ1) is 11.6. The van der Waals surface area contributed by atoms with Gasteiger partial charge >= 0.3 is 0 Å². The Kier molecular flexibility index (Phi) is 3.62. The van der Waals surface area contributed by atoms with Gasteiger partial charge in [-0.3, -0.25) is 0 Å².